The summed E-state index contributed by atoms with van der Waals surface area (Å²) in [4.78, 5) is 10.5. The maximum atomic E-state index is 5.80. The van der Waals surface area contributed by atoms with Gasteiger partial charge < -0.3 is 9.64 Å². The molecule has 0 amide bonds. The van der Waals surface area contributed by atoms with Crippen molar-refractivity contribution < 1.29 is 4.74 Å². The minimum absolute atomic E-state index is 0.308. The lowest BCUT2D eigenvalue weighted by atomic mass is 10.3. The van der Waals surface area contributed by atoms with E-state index in [1.807, 2.05) is 0 Å². The zero-order valence-electron chi connectivity index (χ0n) is 7.98. The molecule has 1 fully saturated rings. The van der Waals surface area contributed by atoms with Gasteiger partial charge in [0.25, 0.3) is 0 Å². The first-order valence-electron chi connectivity index (χ1n) is 4.60. The van der Waals surface area contributed by atoms with Crippen molar-refractivity contribution in [3.63, 3.8) is 0 Å². The monoisotopic (exact) mass is 213 g/mol. The molecule has 0 aliphatic carbocycles. The Kier molecular flexibility index (Phi) is 2.84. The van der Waals surface area contributed by atoms with Crippen LogP contribution in [0.15, 0.2) is 12.3 Å². The molecule has 5 heteroatoms. The van der Waals surface area contributed by atoms with Gasteiger partial charge in [0.05, 0.1) is 19.3 Å². The van der Waals surface area contributed by atoms with Crippen LogP contribution >= 0.6 is 11.6 Å². The van der Waals surface area contributed by atoms with Gasteiger partial charge in [-0.05, 0) is 13.0 Å². The molecule has 0 N–H and O–H groups in total. The quantitative estimate of drug-likeness (QED) is 0.661. The summed E-state index contributed by atoms with van der Waals surface area (Å²) in [5.74, 6) is 0.688. The highest BCUT2D eigenvalue weighted by Crippen LogP contribution is 2.16. The fraction of sp³-hybridized carbons (Fsp3) is 0.556. The van der Waals surface area contributed by atoms with Gasteiger partial charge in [0.15, 0.2) is 0 Å². The van der Waals surface area contributed by atoms with Gasteiger partial charge in [-0.2, -0.15) is 0 Å². The third-order valence-electron chi connectivity index (χ3n) is 2.23. The van der Waals surface area contributed by atoms with Crippen LogP contribution in [-0.4, -0.2) is 35.8 Å². The third-order valence-corrected chi connectivity index (χ3v) is 2.44. The lowest BCUT2D eigenvalue weighted by molar-refractivity contribution is 0.0981. The molecule has 1 atom stereocenters. The van der Waals surface area contributed by atoms with E-state index in [1.54, 1.807) is 12.3 Å². The fourth-order valence-corrected chi connectivity index (χ4v) is 1.62. The highest BCUT2D eigenvalue weighted by Gasteiger charge is 2.20. The largest absolute Gasteiger partial charge is 0.377 e. The summed E-state index contributed by atoms with van der Waals surface area (Å²) in [6.07, 6.45) is 1.67. The summed E-state index contributed by atoms with van der Waals surface area (Å²) in [7, 11) is 0. The minimum atomic E-state index is 0.308. The van der Waals surface area contributed by atoms with Crippen molar-refractivity contribution in [2.24, 2.45) is 0 Å². The highest BCUT2D eigenvalue weighted by molar-refractivity contribution is 6.29. The molecule has 1 aliphatic heterocycles. The molecule has 0 bridgehead atoms. The van der Waals surface area contributed by atoms with Crippen LogP contribution in [0.25, 0.3) is 0 Å². The third kappa shape index (κ3) is 1.96. The van der Waals surface area contributed by atoms with E-state index in [0.29, 0.717) is 17.1 Å². The Morgan fingerprint density at radius 1 is 1.64 bits per heavy atom. The molecule has 1 aromatic heterocycles. The van der Waals surface area contributed by atoms with Gasteiger partial charge >= 0.3 is 0 Å². The first-order valence-corrected chi connectivity index (χ1v) is 4.98. The number of nitrogens with zero attached hydrogens (tertiary/aromatic N) is 3. The van der Waals surface area contributed by atoms with Crippen LogP contribution in [0.3, 0.4) is 0 Å². The Morgan fingerprint density at radius 2 is 2.50 bits per heavy atom. The predicted octanol–water partition coefficient (Wildman–Crippen LogP) is 1.36. The number of ether oxygens (including phenoxy) is 1. The van der Waals surface area contributed by atoms with E-state index >= 15 is 0 Å². The van der Waals surface area contributed by atoms with E-state index in [1.165, 1.54) is 0 Å². The maximum Gasteiger partial charge on any atom is 0.227 e. The summed E-state index contributed by atoms with van der Waals surface area (Å²) in [5.41, 5.74) is 0. The van der Waals surface area contributed by atoms with Gasteiger partial charge in [-0.15, -0.1) is 0 Å². The number of anilines is 1. The molecular formula is C9H12ClN3O. The molecule has 14 heavy (non-hydrogen) atoms. The zero-order valence-corrected chi connectivity index (χ0v) is 8.74. The second-order valence-corrected chi connectivity index (χ2v) is 3.68. The van der Waals surface area contributed by atoms with Crippen LogP contribution in [0.5, 0.6) is 0 Å². The van der Waals surface area contributed by atoms with E-state index in [0.717, 1.165) is 19.8 Å². The number of rotatable bonds is 1. The van der Waals surface area contributed by atoms with Crippen molar-refractivity contribution in [3.05, 3.63) is 17.4 Å². The predicted molar refractivity (Wildman–Crippen MR) is 54.7 cm³/mol. The standard InChI is InChI=1S/C9H12ClN3O/c1-7-6-14-5-4-13(7)9-11-3-2-8(10)12-9/h2-3,7H,4-6H2,1H3. The average Bonchev–Trinajstić information content (AvgIpc) is 2.18. The fourth-order valence-electron chi connectivity index (χ4n) is 1.49. The number of morpholine rings is 1. The van der Waals surface area contributed by atoms with Crippen LogP contribution in [0.4, 0.5) is 5.95 Å². The lowest BCUT2D eigenvalue weighted by Gasteiger charge is -2.33. The highest BCUT2D eigenvalue weighted by atomic mass is 35.5. The van der Waals surface area contributed by atoms with E-state index in [2.05, 4.69) is 21.8 Å². The van der Waals surface area contributed by atoms with Gasteiger partial charge in [-0.25, -0.2) is 9.97 Å². The Balaban J connectivity index is 2.20. The van der Waals surface area contributed by atoms with Crippen molar-refractivity contribution in [1.29, 1.82) is 0 Å². The molecule has 76 valence electrons. The smallest absolute Gasteiger partial charge is 0.227 e. The van der Waals surface area contributed by atoms with Gasteiger partial charge in [-0.3, -0.25) is 0 Å². The van der Waals surface area contributed by atoms with E-state index < -0.39 is 0 Å². The van der Waals surface area contributed by atoms with E-state index in [9.17, 15) is 0 Å². The molecule has 1 unspecified atom stereocenters. The Bertz CT molecular complexity index is 321. The number of halogens is 1. The van der Waals surface area contributed by atoms with E-state index in [4.69, 9.17) is 16.3 Å². The first kappa shape index (κ1) is 9.68. The van der Waals surface area contributed by atoms with Gasteiger partial charge in [-0.1, -0.05) is 11.6 Å². The molecule has 2 rings (SSSR count). The molecular weight excluding hydrogens is 202 g/mol. The molecule has 0 radical (unpaired) electrons. The zero-order chi connectivity index (χ0) is 9.97. The van der Waals surface area contributed by atoms with E-state index in [-0.39, 0.29) is 0 Å². The summed E-state index contributed by atoms with van der Waals surface area (Å²) in [6, 6.07) is 1.98. The number of hydrogen-bond acceptors (Lipinski definition) is 4. The van der Waals surface area contributed by atoms with Gasteiger partial charge in [0.2, 0.25) is 5.95 Å². The summed E-state index contributed by atoms with van der Waals surface area (Å²) >= 11 is 5.80. The van der Waals surface area contributed by atoms with Gasteiger partial charge in [0.1, 0.15) is 5.15 Å². The second kappa shape index (κ2) is 4.11. The minimum Gasteiger partial charge on any atom is -0.377 e. The second-order valence-electron chi connectivity index (χ2n) is 3.30. The van der Waals surface area contributed by atoms with Crippen LogP contribution in [-0.2, 0) is 4.74 Å². The molecule has 0 saturated carbocycles. The summed E-state index contributed by atoms with van der Waals surface area (Å²) in [5, 5.41) is 0.480. The van der Waals surface area contributed by atoms with Crippen LogP contribution in [0.1, 0.15) is 6.92 Å². The van der Waals surface area contributed by atoms with Gasteiger partial charge in [0, 0.05) is 12.7 Å². The SMILES string of the molecule is CC1COCCN1c1nccc(Cl)n1. The lowest BCUT2D eigenvalue weighted by Crippen LogP contribution is -2.44. The first-order chi connectivity index (χ1) is 6.77. The average molecular weight is 214 g/mol. The maximum absolute atomic E-state index is 5.80. The van der Waals surface area contributed by atoms with Crippen LogP contribution in [0.2, 0.25) is 5.15 Å². The summed E-state index contributed by atoms with van der Waals surface area (Å²) < 4.78 is 5.33. The Hall–Kier alpha value is -0.870. The van der Waals surface area contributed by atoms with Crippen molar-refractivity contribution >= 4 is 17.5 Å². The van der Waals surface area contributed by atoms with Crippen molar-refractivity contribution in [2.45, 2.75) is 13.0 Å². The Morgan fingerprint density at radius 3 is 3.21 bits per heavy atom. The molecule has 1 saturated heterocycles. The molecule has 2 heterocycles. The molecule has 4 nitrogen and oxygen atoms in total. The number of aromatic nitrogens is 2. The Labute approximate surface area is 87.9 Å². The van der Waals surface area contributed by atoms with Crippen LogP contribution < -0.4 is 4.90 Å². The molecule has 0 spiro atoms. The molecule has 1 aromatic rings. The topological polar surface area (TPSA) is 38.2 Å². The van der Waals surface area contributed by atoms with Crippen LogP contribution in [0, 0.1) is 0 Å². The number of hydrogen-bond donors (Lipinski definition) is 0. The van der Waals surface area contributed by atoms with Crippen molar-refractivity contribution in [3.8, 4) is 0 Å². The van der Waals surface area contributed by atoms with Crippen molar-refractivity contribution in [1.82, 2.24) is 9.97 Å². The normalized spacial score (nSPS) is 22.4. The molecule has 0 aromatic carbocycles. The molecule has 1 aliphatic rings. The summed E-state index contributed by atoms with van der Waals surface area (Å²) in [6.45, 7) is 4.35. The van der Waals surface area contributed by atoms with Crippen molar-refractivity contribution in [2.75, 3.05) is 24.7 Å².